The van der Waals surface area contributed by atoms with Gasteiger partial charge in [-0.15, -0.1) is 12.6 Å². The molecule has 4 aromatic rings. The van der Waals surface area contributed by atoms with E-state index in [2.05, 4.69) is 18.2 Å². The molecule has 0 unspecified atom stereocenters. The van der Waals surface area contributed by atoms with Gasteiger partial charge in [0, 0.05) is 5.56 Å². The van der Waals surface area contributed by atoms with Gasteiger partial charge in [0.2, 0.25) is 0 Å². The van der Waals surface area contributed by atoms with Crippen LogP contribution < -0.4 is 18.9 Å². The van der Waals surface area contributed by atoms with E-state index in [9.17, 15) is 0 Å². The minimum absolute atomic E-state index is 0.472. The average Bonchev–Trinajstić information content (AvgIpc) is 2.93. The van der Waals surface area contributed by atoms with Crippen LogP contribution in [0.25, 0.3) is 6.08 Å². The van der Waals surface area contributed by atoms with Crippen molar-refractivity contribution < 1.29 is 18.9 Å². The maximum Gasteiger partial charge on any atom is 0.161 e. The zero-order valence-corrected chi connectivity index (χ0v) is 21.4. The predicted octanol–water partition coefficient (Wildman–Crippen LogP) is 7.41. The summed E-state index contributed by atoms with van der Waals surface area (Å²) in [6.45, 7) is 0.949. The molecule has 0 atom stereocenters. The number of benzene rings is 4. The van der Waals surface area contributed by atoms with Crippen LogP contribution in [-0.2, 0) is 19.6 Å². The molecule has 0 fully saturated rings. The zero-order chi connectivity index (χ0) is 25.2. The fraction of sp³-hybridized carbons (Fsp3) is 0.161. The Bertz CT molecular complexity index is 1290. The molecule has 184 valence electrons. The van der Waals surface area contributed by atoms with Crippen LogP contribution in [0.1, 0.15) is 22.3 Å². The first-order valence-corrected chi connectivity index (χ1v) is 12.2. The Morgan fingerprint density at radius 1 is 0.639 bits per heavy atom. The molecule has 0 aliphatic carbocycles. The lowest BCUT2D eigenvalue weighted by Gasteiger charge is -2.16. The van der Waals surface area contributed by atoms with Gasteiger partial charge in [0.05, 0.1) is 19.1 Å². The molecule has 0 saturated carbocycles. The standard InChI is InChI=1S/C31H30O4S/c1-32-28-17-16-23(20-30(28)33-2)14-9-15-26-27(34-21-24-10-5-3-6-11-24)18-19-29(31(26)36)35-22-25-12-7-4-8-13-25/h3-14,16-20,36H,15,21-22H2,1-2H3/b14-9+. The van der Waals surface area contributed by atoms with Crippen molar-refractivity contribution in [1.82, 2.24) is 0 Å². The van der Waals surface area contributed by atoms with Gasteiger partial charge in [0.25, 0.3) is 0 Å². The van der Waals surface area contributed by atoms with E-state index < -0.39 is 0 Å². The maximum absolute atomic E-state index is 6.22. The van der Waals surface area contributed by atoms with Crippen LogP contribution >= 0.6 is 12.6 Å². The van der Waals surface area contributed by atoms with Crippen molar-refractivity contribution in [2.45, 2.75) is 24.5 Å². The Hall–Kier alpha value is -3.83. The SMILES string of the molecule is COc1ccc(/C=C/Cc2c(OCc3ccccc3)ccc(OCc3ccccc3)c2S)cc1OC. The van der Waals surface area contributed by atoms with Crippen molar-refractivity contribution in [3.05, 3.63) is 119 Å². The third-order valence-electron chi connectivity index (χ3n) is 5.72. The minimum atomic E-state index is 0.472. The fourth-order valence-electron chi connectivity index (χ4n) is 3.79. The lowest BCUT2D eigenvalue weighted by atomic mass is 10.1. The lowest BCUT2D eigenvalue weighted by molar-refractivity contribution is 0.288. The molecule has 0 spiro atoms. The molecular formula is C31H30O4S. The Morgan fingerprint density at radius 3 is 1.81 bits per heavy atom. The van der Waals surface area contributed by atoms with Crippen LogP contribution in [0.5, 0.6) is 23.0 Å². The van der Waals surface area contributed by atoms with Crippen LogP contribution in [-0.4, -0.2) is 14.2 Å². The van der Waals surface area contributed by atoms with Crippen LogP contribution in [0.2, 0.25) is 0 Å². The first kappa shape index (κ1) is 25.3. The van der Waals surface area contributed by atoms with Crippen LogP contribution in [0.3, 0.4) is 0 Å². The molecule has 0 aliphatic heterocycles. The number of ether oxygens (including phenoxy) is 4. The van der Waals surface area contributed by atoms with E-state index in [0.717, 1.165) is 38.6 Å². The molecule has 4 nitrogen and oxygen atoms in total. The first-order chi connectivity index (χ1) is 17.7. The summed E-state index contributed by atoms with van der Waals surface area (Å²) < 4.78 is 23.1. The summed E-state index contributed by atoms with van der Waals surface area (Å²) in [7, 11) is 3.27. The Labute approximate surface area is 218 Å². The summed E-state index contributed by atoms with van der Waals surface area (Å²) in [5.74, 6) is 2.90. The molecule has 0 amide bonds. The van der Waals surface area contributed by atoms with E-state index in [1.165, 1.54) is 0 Å². The smallest absolute Gasteiger partial charge is 0.161 e. The second-order valence-electron chi connectivity index (χ2n) is 8.16. The van der Waals surface area contributed by atoms with Crippen molar-refractivity contribution in [3.8, 4) is 23.0 Å². The van der Waals surface area contributed by atoms with Gasteiger partial charge in [0.15, 0.2) is 11.5 Å². The summed E-state index contributed by atoms with van der Waals surface area (Å²) in [6.07, 6.45) is 4.76. The summed E-state index contributed by atoms with van der Waals surface area (Å²) in [5.41, 5.74) is 4.19. The molecule has 0 aromatic heterocycles. The van der Waals surface area contributed by atoms with Gasteiger partial charge in [-0.05, 0) is 47.4 Å². The van der Waals surface area contributed by atoms with Gasteiger partial charge in [-0.1, -0.05) is 78.9 Å². The van der Waals surface area contributed by atoms with E-state index in [4.69, 9.17) is 31.6 Å². The second-order valence-corrected chi connectivity index (χ2v) is 8.61. The Balaban J connectivity index is 1.56. The molecule has 4 aromatic carbocycles. The van der Waals surface area contributed by atoms with Gasteiger partial charge in [-0.3, -0.25) is 0 Å². The van der Waals surface area contributed by atoms with Gasteiger partial charge < -0.3 is 18.9 Å². The number of thiol groups is 1. The molecule has 0 aliphatic rings. The van der Waals surface area contributed by atoms with Crippen LogP contribution in [0, 0.1) is 0 Å². The highest BCUT2D eigenvalue weighted by atomic mass is 32.1. The second kappa shape index (κ2) is 12.8. The van der Waals surface area contributed by atoms with Gasteiger partial charge in [0.1, 0.15) is 24.7 Å². The molecule has 36 heavy (non-hydrogen) atoms. The third-order valence-corrected chi connectivity index (χ3v) is 6.21. The normalized spacial score (nSPS) is 10.9. The summed E-state index contributed by atoms with van der Waals surface area (Å²) >= 11 is 4.85. The monoisotopic (exact) mass is 498 g/mol. The fourth-order valence-corrected chi connectivity index (χ4v) is 4.13. The number of rotatable bonds is 11. The van der Waals surface area contributed by atoms with Crippen molar-refractivity contribution in [2.75, 3.05) is 14.2 Å². The zero-order valence-electron chi connectivity index (χ0n) is 20.5. The molecule has 5 heteroatoms. The molecule has 0 radical (unpaired) electrons. The van der Waals surface area contributed by atoms with E-state index >= 15 is 0 Å². The highest BCUT2D eigenvalue weighted by Gasteiger charge is 2.13. The quantitative estimate of drug-likeness (QED) is 0.219. The first-order valence-electron chi connectivity index (χ1n) is 11.7. The van der Waals surface area contributed by atoms with Crippen molar-refractivity contribution in [2.24, 2.45) is 0 Å². The number of methoxy groups -OCH3 is 2. The minimum Gasteiger partial charge on any atom is -0.493 e. The largest absolute Gasteiger partial charge is 0.493 e. The summed E-state index contributed by atoms with van der Waals surface area (Å²) in [4.78, 5) is 0.772. The highest BCUT2D eigenvalue weighted by Crippen LogP contribution is 2.35. The van der Waals surface area contributed by atoms with E-state index in [1.807, 2.05) is 84.9 Å². The van der Waals surface area contributed by atoms with Gasteiger partial charge in [-0.2, -0.15) is 0 Å². The summed E-state index contributed by atoms with van der Waals surface area (Å²) in [6, 6.07) is 29.9. The Morgan fingerprint density at radius 2 is 1.19 bits per heavy atom. The average molecular weight is 499 g/mol. The number of allylic oxidation sites excluding steroid dienone is 1. The third kappa shape index (κ3) is 6.64. The Kier molecular flexibility index (Phi) is 8.95. The van der Waals surface area contributed by atoms with Gasteiger partial charge >= 0.3 is 0 Å². The number of hydrogen-bond acceptors (Lipinski definition) is 5. The van der Waals surface area contributed by atoms with Crippen molar-refractivity contribution in [3.63, 3.8) is 0 Å². The van der Waals surface area contributed by atoms with E-state index in [-0.39, 0.29) is 0 Å². The molecule has 0 saturated heterocycles. The molecule has 0 N–H and O–H groups in total. The predicted molar refractivity (Wildman–Crippen MR) is 148 cm³/mol. The topological polar surface area (TPSA) is 36.9 Å². The molecule has 0 bridgehead atoms. The molecule has 0 heterocycles. The maximum atomic E-state index is 6.22. The van der Waals surface area contributed by atoms with E-state index in [0.29, 0.717) is 31.1 Å². The van der Waals surface area contributed by atoms with Crippen LogP contribution in [0.4, 0.5) is 0 Å². The number of hydrogen-bond donors (Lipinski definition) is 1. The summed E-state index contributed by atoms with van der Waals surface area (Å²) in [5, 5.41) is 0. The van der Waals surface area contributed by atoms with Crippen LogP contribution in [0.15, 0.2) is 102 Å². The van der Waals surface area contributed by atoms with E-state index in [1.54, 1.807) is 14.2 Å². The van der Waals surface area contributed by atoms with Crippen molar-refractivity contribution in [1.29, 1.82) is 0 Å². The molecule has 4 rings (SSSR count). The molecular weight excluding hydrogens is 468 g/mol. The lowest BCUT2D eigenvalue weighted by Crippen LogP contribution is -2.02. The highest BCUT2D eigenvalue weighted by molar-refractivity contribution is 7.80. The van der Waals surface area contributed by atoms with Gasteiger partial charge in [-0.25, -0.2) is 0 Å². The van der Waals surface area contributed by atoms with Crippen molar-refractivity contribution >= 4 is 18.7 Å².